The third kappa shape index (κ3) is 6.33. The number of halogens is 1. The average molecular weight is 492 g/mol. The fourth-order valence-electron chi connectivity index (χ4n) is 4.40. The maximum absolute atomic E-state index is 13.0. The van der Waals surface area contributed by atoms with E-state index in [0.717, 1.165) is 32.4 Å². The van der Waals surface area contributed by atoms with Crippen molar-refractivity contribution in [2.24, 2.45) is 5.92 Å². The van der Waals surface area contributed by atoms with Crippen molar-refractivity contribution in [2.45, 2.75) is 24.2 Å². The first-order chi connectivity index (χ1) is 15.9. The molecule has 178 valence electrons. The van der Waals surface area contributed by atoms with E-state index in [2.05, 4.69) is 34.5 Å². The lowest BCUT2D eigenvalue weighted by atomic mass is 9.90. The zero-order chi connectivity index (χ0) is 23.3. The molecule has 9 heteroatoms. The van der Waals surface area contributed by atoms with E-state index in [-0.39, 0.29) is 35.5 Å². The van der Waals surface area contributed by atoms with E-state index in [1.165, 1.54) is 22.0 Å². The monoisotopic (exact) mass is 491 g/mol. The zero-order valence-corrected chi connectivity index (χ0v) is 20.2. The summed E-state index contributed by atoms with van der Waals surface area (Å²) in [5.41, 5.74) is 1.79. The molecule has 2 aromatic carbocycles. The van der Waals surface area contributed by atoms with Crippen LogP contribution in [0.5, 0.6) is 0 Å². The van der Waals surface area contributed by atoms with Gasteiger partial charge in [0.2, 0.25) is 15.9 Å². The Balaban J connectivity index is 1.31. The number of anilines is 1. The molecule has 0 saturated carbocycles. The van der Waals surface area contributed by atoms with Crippen LogP contribution in [0.3, 0.4) is 0 Å². The fourth-order valence-corrected chi connectivity index (χ4v) is 6.31. The smallest absolute Gasteiger partial charge is 0.244 e. The summed E-state index contributed by atoms with van der Waals surface area (Å²) in [5.74, 6) is 0.476. The molecule has 4 rings (SSSR count). The Bertz CT molecular complexity index is 1050. The second kappa shape index (κ2) is 11.0. The normalized spacial score (nSPS) is 18.8. The van der Waals surface area contributed by atoms with Crippen LogP contribution in [0.4, 0.5) is 5.69 Å². The molecule has 2 aliphatic rings. The third-order valence-corrected chi connectivity index (χ3v) is 8.62. The summed E-state index contributed by atoms with van der Waals surface area (Å²) in [6, 6.07) is 15.1. The minimum atomic E-state index is -3.75. The summed E-state index contributed by atoms with van der Waals surface area (Å²) in [7, 11) is -3.75. The van der Waals surface area contributed by atoms with Gasteiger partial charge < -0.3 is 10.1 Å². The van der Waals surface area contributed by atoms with E-state index in [9.17, 15) is 13.2 Å². The summed E-state index contributed by atoms with van der Waals surface area (Å²) >= 11 is 6.21. The molecule has 0 unspecified atom stereocenters. The highest BCUT2D eigenvalue weighted by Gasteiger charge is 2.29. The number of carbonyl (C=O) groups excluding carboxylic acids is 1. The number of ether oxygens (including phenoxy) is 1. The number of hydrogen-bond acceptors (Lipinski definition) is 5. The van der Waals surface area contributed by atoms with Gasteiger partial charge in [0.15, 0.2) is 0 Å². The van der Waals surface area contributed by atoms with Crippen LogP contribution in [0.1, 0.15) is 18.4 Å². The highest BCUT2D eigenvalue weighted by atomic mass is 35.5. The Kier molecular flexibility index (Phi) is 8.03. The molecule has 0 bridgehead atoms. The molecule has 0 spiro atoms. The summed E-state index contributed by atoms with van der Waals surface area (Å²) in [6.45, 7) is 3.33. The predicted molar refractivity (Wildman–Crippen MR) is 129 cm³/mol. The largest absolute Gasteiger partial charge is 0.379 e. The molecule has 33 heavy (non-hydrogen) atoms. The third-order valence-electron chi connectivity index (χ3n) is 6.24. The molecule has 0 atom stereocenters. The number of likely N-dealkylation sites (tertiary alicyclic amines) is 1. The molecule has 7 nitrogen and oxygen atoms in total. The van der Waals surface area contributed by atoms with Crippen molar-refractivity contribution in [2.75, 3.05) is 51.3 Å². The van der Waals surface area contributed by atoms with Crippen LogP contribution in [-0.2, 0) is 26.0 Å². The van der Waals surface area contributed by atoms with Crippen LogP contribution in [0.25, 0.3) is 0 Å². The van der Waals surface area contributed by atoms with E-state index in [4.69, 9.17) is 16.3 Å². The van der Waals surface area contributed by atoms with Gasteiger partial charge in [0, 0.05) is 18.8 Å². The first-order valence-electron chi connectivity index (χ1n) is 11.4. The second-order valence-corrected chi connectivity index (χ2v) is 10.9. The molecular weight excluding hydrogens is 462 g/mol. The summed E-state index contributed by atoms with van der Waals surface area (Å²) < 4.78 is 32.6. The first-order valence-corrected chi connectivity index (χ1v) is 13.2. The van der Waals surface area contributed by atoms with Crippen LogP contribution < -0.4 is 5.32 Å². The minimum Gasteiger partial charge on any atom is -0.379 e. The van der Waals surface area contributed by atoms with Crippen LogP contribution in [0.15, 0.2) is 53.4 Å². The maximum atomic E-state index is 13.0. The number of piperidine rings is 1. The molecule has 1 amide bonds. The van der Waals surface area contributed by atoms with E-state index >= 15 is 0 Å². The van der Waals surface area contributed by atoms with Crippen molar-refractivity contribution < 1.29 is 17.9 Å². The number of morpholine rings is 1. The number of rotatable bonds is 7. The van der Waals surface area contributed by atoms with Gasteiger partial charge in [-0.1, -0.05) is 41.9 Å². The molecule has 0 radical (unpaired) electrons. The Labute approximate surface area is 200 Å². The number of amides is 1. The second-order valence-electron chi connectivity index (χ2n) is 8.62. The van der Waals surface area contributed by atoms with Gasteiger partial charge in [-0.15, -0.1) is 0 Å². The van der Waals surface area contributed by atoms with Gasteiger partial charge in [-0.2, -0.15) is 4.31 Å². The summed E-state index contributed by atoms with van der Waals surface area (Å²) in [5, 5.41) is 2.97. The van der Waals surface area contributed by atoms with Gasteiger partial charge in [-0.3, -0.25) is 9.69 Å². The van der Waals surface area contributed by atoms with E-state index < -0.39 is 10.0 Å². The van der Waals surface area contributed by atoms with E-state index in [0.29, 0.717) is 24.8 Å². The quantitative estimate of drug-likeness (QED) is 0.643. The van der Waals surface area contributed by atoms with Gasteiger partial charge in [-0.05, 0) is 62.0 Å². The lowest BCUT2D eigenvalue weighted by Crippen LogP contribution is -2.40. The number of nitrogens with one attached hydrogen (secondary N) is 1. The minimum absolute atomic E-state index is 0.00518. The van der Waals surface area contributed by atoms with Gasteiger partial charge in [-0.25, -0.2) is 8.42 Å². The highest BCUT2D eigenvalue weighted by molar-refractivity contribution is 7.89. The zero-order valence-electron chi connectivity index (χ0n) is 18.6. The van der Waals surface area contributed by atoms with E-state index in [1.54, 1.807) is 6.07 Å². The molecule has 2 aliphatic heterocycles. The molecule has 2 heterocycles. The summed E-state index contributed by atoms with van der Waals surface area (Å²) in [6.07, 6.45) is 3.20. The van der Waals surface area contributed by atoms with E-state index in [1.807, 2.05) is 6.07 Å². The molecular formula is C24H30ClN3O4S. The molecule has 2 fully saturated rings. The Hall–Kier alpha value is -1.97. The van der Waals surface area contributed by atoms with Crippen molar-refractivity contribution in [1.82, 2.24) is 9.21 Å². The van der Waals surface area contributed by atoms with Crippen molar-refractivity contribution in [3.8, 4) is 0 Å². The molecule has 1 N–H and O–H groups in total. The number of carbonyl (C=O) groups is 1. The van der Waals surface area contributed by atoms with Crippen molar-refractivity contribution in [3.05, 3.63) is 59.1 Å². The maximum Gasteiger partial charge on any atom is 0.244 e. The van der Waals surface area contributed by atoms with Crippen LogP contribution in [-0.4, -0.2) is 69.5 Å². The Morgan fingerprint density at radius 3 is 2.42 bits per heavy atom. The highest BCUT2D eigenvalue weighted by Crippen LogP contribution is 2.28. The van der Waals surface area contributed by atoms with Crippen molar-refractivity contribution >= 4 is 33.2 Å². The average Bonchev–Trinajstić information content (AvgIpc) is 2.83. The van der Waals surface area contributed by atoms with Gasteiger partial charge in [0.05, 0.1) is 24.8 Å². The van der Waals surface area contributed by atoms with Crippen molar-refractivity contribution in [1.29, 1.82) is 0 Å². The number of benzene rings is 2. The Morgan fingerprint density at radius 1 is 1.03 bits per heavy atom. The first kappa shape index (κ1) is 24.2. The standard InChI is InChI=1S/C24H30ClN3O4S/c25-22-7-6-21(17-23(22)33(30,31)28-12-14-32-15-13-28)26-24(29)18-27-10-8-20(9-11-27)16-19-4-2-1-3-5-19/h1-7,17,20H,8-16,18H2,(H,26,29). The fraction of sp³-hybridized carbons (Fsp3) is 0.458. The van der Waals surface area contributed by atoms with Gasteiger partial charge in [0.1, 0.15) is 4.90 Å². The molecule has 0 aliphatic carbocycles. The van der Waals surface area contributed by atoms with Gasteiger partial charge in [0.25, 0.3) is 0 Å². The molecule has 2 aromatic rings. The van der Waals surface area contributed by atoms with Gasteiger partial charge >= 0.3 is 0 Å². The predicted octanol–water partition coefficient (Wildman–Crippen LogP) is 3.25. The Morgan fingerprint density at radius 2 is 1.73 bits per heavy atom. The SMILES string of the molecule is O=C(CN1CCC(Cc2ccccc2)CC1)Nc1ccc(Cl)c(S(=O)(=O)N2CCOCC2)c1. The molecule has 0 aromatic heterocycles. The summed E-state index contributed by atoms with van der Waals surface area (Å²) in [4.78, 5) is 14.8. The van der Waals surface area contributed by atoms with Crippen LogP contribution >= 0.6 is 11.6 Å². The number of nitrogens with zero attached hydrogens (tertiary/aromatic N) is 2. The lowest BCUT2D eigenvalue weighted by molar-refractivity contribution is -0.117. The van der Waals surface area contributed by atoms with Crippen LogP contribution in [0, 0.1) is 5.92 Å². The van der Waals surface area contributed by atoms with Crippen molar-refractivity contribution in [3.63, 3.8) is 0 Å². The molecule has 2 saturated heterocycles. The topological polar surface area (TPSA) is 79.0 Å². The number of sulfonamides is 1. The lowest BCUT2D eigenvalue weighted by Gasteiger charge is -2.31. The van der Waals surface area contributed by atoms with Crippen LogP contribution in [0.2, 0.25) is 5.02 Å². The number of hydrogen-bond donors (Lipinski definition) is 1.